The van der Waals surface area contributed by atoms with Crippen LogP contribution in [0.5, 0.6) is 11.5 Å². The van der Waals surface area contributed by atoms with Gasteiger partial charge in [0.25, 0.3) is 0 Å². The van der Waals surface area contributed by atoms with E-state index in [4.69, 9.17) is 21.1 Å². The highest BCUT2D eigenvalue weighted by atomic mass is 35.5. The van der Waals surface area contributed by atoms with Crippen LogP contribution in [0.3, 0.4) is 0 Å². The Morgan fingerprint density at radius 3 is 2.67 bits per heavy atom. The molecule has 0 heterocycles. The number of halogens is 1. The topological polar surface area (TPSA) is 30.5 Å². The highest BCUT2D eigenvalue weighted by Crippen LogP contribution is 2.27. The monoisotopic (exact) mass is 305 g/mol. The summed E-state index contributed by atoms with van der Waals surface area (Å²) in [6, 6.07) is 13.6. The van der Waals surface area contributed by atoms with Gasteiger partial charge in [0, 0.05) is 10.6 Å². The number of aryl methyl sites for hydroxylation is 1. The van der Waals surface area contributed by atoms with E-state index >= 15 is 0 Å². The molecule has 0 saturated carbocycles. The SMILES string of the molecule is CNC(COc1cccc(Cl)c1)c1cc(C)ccc1OC. The zero-order valence-corrected chi connectivity index (χ0v) is 13.3. The summed E-state index contributed by atoms with van der Waals surface area (Å²) in [5.74, 6) is 1.61. The highest BCUT2D eigenvalue weighted by Gasteiger charge is 2.15. The second kappa shape index (κ2) is 7.34. The molecule has 0 aliphatic rings. The van der Waals surface area contributed by atoms with Gasteiger partial charge in [-0.1, -0.05) is 35.4 Å². The average molecular weight is 306 g/mol. The molecule has 0 aliphatic heterocycles. The molecule has 21 heavy (non-hydrogen) atoms. The van der Waals surface area contributed by atoms with Crippen molar-refractivity contribution in [1.82, 2.24) is 5.32 Å². The number of methoxy groups -OCH3 is 1. The zero-order valence-electron chi connectivity index (χ0n) is 12.5. The van der Waals surface area contributed by atoms with Crippen molar-refractivity contribution in [3.63, 3.8) is 0 Å². The number of likely N-dealkylation sites (N-methyl/N-ethyl adjacent to an activating group) is 1. The van der Waals surface area contributed by atoms with Crippen molar-refractivity contribution in [2.45, 2.75) is 13.0 Å². The third-order valence-corrected chi connectivity index (χ3v) is 3.56. The molecule has 0 amide bonds. The summed E-state index contributed by atoms with van der Waals surface area (Å²) in [7, 11) is 3.59. The lowest BCUT2D eigenvalue weighted by Gasteiger charge is -2.20. The predicted molar refractivity (Wildman–Crippen MR) is 86.5 cm³/mol. The maximum Gasteiger partial charge on any atom is 0.123 e. The zero-order chi connectivity index (χ0) is 15.2. The van der Waals surface area contributed by atoms with Crippen molar-refractivity contribution in [2.75, 3.05) is 20.8 Å². The quantitative estimate of drug-likeness (QED) is 0.875. The molecule has 0 spiro atoms. The van der Waals surface area contributed by atoms with E-state index in [1.165, 1.54) is 5.56 Å². The summed E-state index contributed by atoms with van der Waals surface area (Å²) in [5.41, 5.74) is 2.27. The van der Waals surface area contributed by atoms with Crippen molar-refractivity contribution in [3.8, 4) is 11.5 Å². The van der Waals surface area contributed by atoms with Crippen molar-refractivity contribution in [2.24, 2.45) is 0 Å². The molecule has 1 N–H and O–H groups in total. The van der Waals surface area contributed by atoms with Crippen LogP contribution in [-0.2, 0) is 0 Å². The molecular formula is C17H20ClNO2. The fourth-order valence-corrected chi connectivity index (χ4v) is 2.37. The van der Waals surface area contributed by atoms with Gasteiger partial charge in [-0.05, 0) is 38.2 Å². The Balaban J connectivity index is 2.15. The van der Waals surface area contributed by atoms with Crippen LogP contribution in [-0.4, -0.2) is 20.8 Å². The minimum absolute atomic E-state index is 0.0406. The number of benzene rings is 2. The van der Waals surface area contributed by atoms with E-state index < -0.39 is 0 Å². The van der Waals surface area contributed by atoms with E-state index in [0.717, 1.165) is 17.1 Å². The fourth-order valence-electron chi connectivity index (χ4n) is 2.19. The average Bonchev–Trinajstić information content (AvgIpc) is 2.48. The molecule has 2 aromatic carbocycles. The number of ether oxygens (including phenoxy) is 2. The van der Waals surface area contributed by atoms with Gasteiger partial charge in [-0.2, -0.15) is 0 Å². The van der Waals surface area contributed by atoms with Crippen LogP contribution in [0.1, 0.15) is 17.2 Å². The predicted octanol–water partition coefficient (Wildman–Crippen LogP) is 4.00. The molecule has 2 aromatic rings. The molecule has 0 aliphatic carbocycles. The second-order valence-electron chi connectivity index (χ2n) is 4.86. The molecule has 2 rings (SSSR count). The number of hydrogen-bond acceptors (Lipinski definition) is 3. The van der Waals surface area contributed by atoms with E-state index in [1.807, 2.05) is 43.4 Å². The lowest BCUT2D eigenvalue weighted by atomic mass is 10.0. The molecule has 1 unspecified atom stereocenters. The summed E-state index contributed by atoms with van der Waals surface area (Å²) in [4.78, 5) is 0. The Kier molecular flexibility index (Phi) is 5.48. The number of rotatable bonds is 6. The lowest BCUT2D eigenvalue weighted by molar-refractivity contribution is 0.269. The number of nitrogens with one attached hydrogen (secondary N) is 1. The third-order valence-electron chi connectivity index (χ3n) is 3.32. The molecule has 112 valence electrons. The third kappa shape index (κ3) is 4.13. The molecule has 0 aromatic heterocycles. The first-order valence-corrected chi connectivity index (χ1v) is 7.22. The largest absolute Gasteiger partial charge is 0.496 e. The highest BCUT2D eigenvalue weighted by molar-refractivity contribution is 6.30. The van der Waals surface area contributed by atoms with Crippen molar-refractivity contribution in [1.29, 1.82) is 0 Å². The second-order valence-corrected chi connectivity index (χ2v) is 5.29. The molecule has 3 nitrogen and oxygen atoms in total. The van der Waals surface area contributed by atoms with Crippen LogP contribution in [0, 0.1) is 6.92 Å². The molecular weight excluding hydrogens is 286 g/mol. The smallest absolute Gasteiger partial charge is 0.123 e. The van der Waals surface area contributed by atoms with Gasteiger partial charge in [0.15, 0.2) is 0 Å². The van der Waals surface area contributed by atoms with E-state index in [2.05, 4.69) is 18.3 Å². The first-order valence-electron chi connectivity index (χ1n) is 6.84. The first-order chi connectivity index (χ1) is 10.1. The first kappa shape index (κ1) is 15.7. The van der Waals surface area contributed by atoms with Crippen LogP contribution in [0.2, 0.25) is 5.02 Å². The lowest BCUT2D eigenvalue weighted by Crippen LogP contribution is -2.24. The van der Waals surface area contributed by atoms with Crippen LogP contribution in [0.25, 0.3) is 0 Å². The standard InChI is InChI=1S/C17H20ClNO2/c1-12-7-8-17(20-3)15(9-12)16(19-2)11-21-14-6-4-5-13(18)10-14/h4-10,16,19H,11H2,1-3H3. The van der Waals surface area contributed by atoms with Crippen LogP contribution in [0.15, 0.2) is 42.5 Å². The Morgan fingerprint density at radius 1 is 1.19 bits per heavy atom. The van der Waals surface area contributed by atoms with E-state index in [0.29, 0.717) is 11.6 Å². The molecule has 0 fully saturated rings. The minimum atomic E-state index is 0.0406. The fraction of sp³-hybridized carbons (Fsp3) is 0.294. The van der Waals surface area contributed by atoms with Gasteiger partial charge in [-0.15, -0.1) is 0 Å². The van der Waals surface area contributed by atoms with Gasteiger partial charge in [0.1, 0.15) is 18.1 Å². The summed E-state index contributed by atoms with van der Waals surface area (Å²) in [5, 5.41) is 3.94. The Labute approximate surface area is 130 Å². The van der Waals surface area contributed by atoms with E-state index in [-0.39, 0.29) is 6.04 Å². The van der Waals surface area contributed by atoms with Crippen molar-refractivity contribution >= 4 is 11.6 Å². The van der Waals surface area contributed by atoms with Crippen molar-refractivity contribution in [3.05, 3.63) is 58.6 Å². The maximum absolute atomic E-state index is 5.96. The summed E-state index contributed by atoms with van der Waals surface area (Å²) >= 11 is 5.96. The molecule has 0 saturated heterocycles. The van der Waals surface area contributed by atoms with Crippen molar-refractivity contribution < 1.29 is 9.47 Å². The summed E-state index contributed by atoms with van der Waals surface area (Å²) < 4.78 is 11.3. The Morgan fingerprint density at radius 2 is 2.00 bits per heavy atom. The van der Waals surface area contributed by atoms with Gasteiger partial charge in [-0.25, -0.2) is 0 Å². The van der Waals surface area contributed by atoms with Gasteiger partial charge in [0.2, 0.25) is 0 Å². The minimum Gasteiger partial charge on any atom is -0.496 e. The van der Waals surface area contributed by atoms with Gasteiger partial charge in [0.05, 0.1) is 13.2 Å². The molecule has 1 atom stereocenters. The number of hydrogen-bond donors (Lipinski definition) is 1. The molecule has 0 bridgehead atoms. The molecule has 0 radical (unpaired) electrons. The van der Waals surface area contributed by atoms with E-state index in [9.17, 15) is 0 Å². The van der Waals surface area contributed by atoms with Gasteiger partial charge < -0.3 is 14.8 Å². The molecule has 4 heteroatoms. The van der Waals surface area contributed by atoms with Crippen LogP contribution < -0.4 is 14.8 Å². The Hall–Kier alpha value is -1.71. The van der Waals surface area contributed by atoms with E-state index in [1.54, 1.807) is 7.11 Å². The maximum atomic E-state index is 5.96. The van der Waals surface area contributed by atoms with Crippen LogP contribution >= 0.6 is 11.6 Å². The summed E-state index contributed by atoms with van der Waals surface area (Å²) in [6.45, 7) is 2.56. The normalized spacial score (nSPS) is 12.0. The van der Waals surface area contributed by atoms with Gasteiger partial charge >= 0.3 is 0 Å². The summed E-state index contributed by atoms with van der Waals surface area (Å²) in [6.07, 6.45) is 0. The Bertz CT molecular complexity index is 601. The van der Waals surface area contributed by atoms with Gasteiger partial charge in [-0.3, -0.25) is 0 Å². The van der Waals surface area contributed by atoms with Crippen LogP contribution in [0.4, 0.5) is 0 Å².